The standard InChI is InChI=1S/C40H73NO13/c1-2-3-4-5-6-7-8-12-16-43-18-20-45-22-24-47-26-28-49-30-32-51-34-36-53-37-35-52-33-31-50-29-27-48-25-23-46-21-19-44-17-15-41-40(42)54-38-39-13-10-9-11-14-39/h9-11,13-14H,2-8,12,15-38H2,1H3,(H,41,42). The fourth-order valence-corrected chi connectivity index (χ4v) is 4.64. The van der Waals surface area contributed by atoms with Crippen LogP contribution in [0.4, 0.5) is 4.79 Å². The Morgan fingerprint density at radius 3 is 1.09 bits per heavy atom. The van der Waals surface area contributed by atoms with Gasteiger partial charge in [-0.15, -0.1) is 0 Å². The average Bonchev–Trinajstić information content (AvgIpc) is 3.19. The summed E-state index contributed by atoms with van der Waals surface area (Å²) < 4.78 is 65.7. The number of benzene rings is 1. The minimum absolute atomic E-state index is 0.239. The predicted octanol–water partition coefficient (Wildman–Crippen LogP) is 5.24. The Hall–Kier alpha value is -1.95. The molecule has 14 heteroatoms. The zero-order valence-electron chi connectivity index (χ0n) is 33.3. The summed E-state index contributed by atoms with van der Waals surface area (Å²) >= 11 is 0. The molecular formula is C40H73NO13. The van der Waals surface area contributed by atoms with Gasteiger partial charge in [-0.25, -0.2) is 4.79 Å². The highest BCUT2D eigenvalue weighted by atomic mass is 16.6. The fraction of sp³-hybridized carbons (Fsp3) is 0.825. The largest absolute Gasteiger partial charge is 0.445 e. The number of amides is 1. The monoisotopic (exact) mass is 776 g/mol. The van der Waals surface area contributed by atoms with Crippen LogP contribution in [0.5, 0.6) is 0 Å². The van der Waals surface area contributed by atoms with E-state index in [0.29, 0.717) is 145 Å². The zero-order chi connectivity index (χ0) is 38.5. The lowest BCUT2D eigenvalue weighted by Gasteiger charge is -2.09. The molecule has 0 unspecified atom stereocenters. The lowest BCUT2D eigenvalue weighted by atomic mass is 10.1. The van der Waals surface area contributed by atoms with E-state index in [1.807, 2.05) is 30.3 Å². The maximum atomic E-state index is 11.7. The van der Waals surface area contributed by atoms with Crippen LogP contribution in [0, 0.1) is 0 Å². The summed E-state index contributed by atoms with van der Waals surface area (Å²) in [6.45, 7) is 14.3. The van der Waals surface area contributed by atoms with Gasteiger partial charge in [-0.1, -0.05) is 82.2 Å². The molecule has 0 bridgehead atoms. The molecule has 0 saturated carbocycles. The third-order valence-electron chi connectivity index (χ3n) is 7.59. The molecule has 0 aliphatic carbocycles. The van der Waals surface area contributed by atoms with Crippen LogP contribution >= 0.6 is 0 Å². The van der Waals surface area contributed by atoms with Gasteiger partial charge in [-0.3, -0.25) is 0 Å². The summed E-state index contributed by atoms with van der Waals surface area (Å²) in [5.41, 5.74) is 0.939. The van der Waals surface area contributed by atoms with Crippen molar-refractivity contribution >= 4 is 6.09 Å². The molecule has 0 saturated heterocycles. The highest BCUT2D eigenvalue weighted by Gasteiger charge is 2.02. The molecule has 0 fully saturated rings. The van der Waals surface area contributed by atoms with Crippen molar-refractivity contribution in [1.82, 2.24) is 5.32 Å². The molecule has 1 amide bonds. The Kier molecular flexibility index (Phi) is 40.6. The van der Waals surface area contributed by atoms with E-state index in [-0.39, 0.29) is 6.61 Å². The van der Waals surface area contributed by atoms with Gasteiger partial charge >= 0.3 is 6.09 Å². The average molecular weight is 776 g/mol. The third-order valence-corrected chi connectivity index (χ3v) is 7.59. The second kappa shape index (κ2) is 43.8. The Balaban J connectivity index is 1.62. The van der Waals surface area contributed by atoms with E-state index in [9.17, 15) is 4.79 Å². The molecule has 1 N–H and O–H groups in total. The van der Waals surface area contributed by atoms with Crippen LogP contribution in [0.2, 0.25) is 0 Å². The first-order chi connectivity index (χ1) is 26.8. The first-order valence-corrected chi connectivity index (χ1v) is 20.1. The quantitative estimate of drug-likeness (QED) is 0.0866. The van der Waals surface area contributed by atoms with Crippen LogP contribution in [0.15, 0.2) is 30.3 Å². The summed E-state index contributed by atoms with van der Waals surface area (Å²) in [4.78, 5) is 11.7. The second-order valence-electron chi connectivity index (χ2n) is 12.2. The van der Waals surface area contributed by atoms with Crippen LogP contribution in [-0.4, -0.2) is 158 Å². The molecule has 1 rings (SSSR count). The second-order valence-corrected chi connectivity index (χ2v) is 12.2. The van der Waals surface area contributed by atoms with E-state index < -0.39 is 6.09 Å². The molecule has 0 radical (unpaired) electrons. The first kappa shape index (κ1) is 50.1. The Bertz CT molecular complexity index is 871. The van der Waals surface area contributed by atoms with Crippen molar-refractivity contribution in [1.29, 1.82) is 0 Å². The van der Waals surface area contributed by atoms with Gasteiger partial charge in [-0.05, 0) is 12.0 Å². The van der Waals surface area contributed by atoms with Gasteiger partial charge in [0.1, 0.15) is 6.61 Å². The fourth-order valence-electron chi connectivity index (χ4n) is 4.64. The molecule has 0 atom stereocenters. The lowest BCUT2D eigenvalue weighted by Crippen LogP contribution is -2.28. The SMILES string of the molecule is CCCCCCCCCCOCCOCCOCCOCCOCCOCCOCCOCCOCCOCCOCCNC(=O)OCc1ccccc1. The molecule has 54 heavy (non-hydrogen) atoms. The van der Waals surface area contributed by atoms with E-state index in [0.717, 1.165) is 18.6 Å². The van der Waals surface area contributed by atoms with E-state index >= 15 is 0 Å². The van der Waals surface area contributed by atoms with Crippen LogP contribution in [0.1, 0.15) is 63.9 Å². The van der Waals surface area contributed by atoms with Crippen LogP contribution in [0.3, 0.4) is 0 Å². The smallest absolute Gasteiger partial charge is 0.407 e. The maximum Gasteiger partial charge on any atom is 0.407 e. The number of hydrogen-bond donors (Lipinski definition) is 1. The first-order valence-electron chi connectivity index (χ1n) is 20.1. The van der Waals surface area contributed by atoms with E-state index in [2.05, 4.69) is 12.2 Å². The third kappa shape index (κ3) is 39.7. The van der Waals surface area contributed by atoms with Crippen molar-refractivity contribution in [2.24, 2.45) is 0 Å². The number of carbonyl (C=O) groups excluding carboxylic acids is 1. The lowest BCUT2D eigenvalue weighted by molar-refractivity contribution is -0.0275. The van der Waals surface area contributed by atoms with E-state index in [1.54, 1.807) is 0 Å². The number of nitrogens with one attached hydrogen (secondary N) is 1. The van der Waals surface area contributed by atoms with Crippen molar-refractivity contribution in [3.8, 4) is 0 Å². The van der Waals surface area contributed by atoms with Crippen LogP contribution in [-0.2, 0) is 63.4 Å². The molecule has 316 valence electrons. The normalized spacial score (nSPS) is 11.4. The Morgan fingerprint density at radius 2 is 0.722 bits per heavy atom. The summed E-state index contributed by atoms with van der Waals surface area (Å²) in [7, 11) is 0. The van der Waals surface area contributed by atoms with Crippen molar-refractivity contribution in [3.63, 3.8) is 0 Å². The minimum atomic E-state index is -0.467. The molecule has 1 aromatic carbocycles. The van der Waals surface area contributed by atoms with Crippen molar-refractivity contribution in [3.05, 3.63) is 35.9 Å². The van der Waals surface area contributed by atoms with Gasteiger partial charge in [0.25, 0.3) is 0 Å². The van der Waals surface area contributed by atoms with Crippen LogP contribution in [0.25, 0.3) is 0 Å². The number of unbranched alkanes of at least 4 members (excludes halogenated alkanes) is 7. The van der Waals surface area contributed by atoms with Gasteiger partial charge in [0.15, 0.2) is 0 Å². The number of carbonyl (C=O) groups is 1. The van der Waals surface area contributed by atoms with Crippen molar-refractivity contribution in [2.45, 2.75) is 64.9 Å². The summed E-state index contributed by atoms with van der Waals surface area (Å²) in [5, 5.41) is 2.65. The van der Waals surface area contributed by atoms with Gasteiger partial charge in [0, 0.05) is 13.2 Å². The zero-order valence-corrected chi connectivity index (χ0v) is 33.3. The van der Waals surface area contributed by atoms with Gasteiger partial charge in [0.05, 0.1) is 139 Å². The topological polar surface area (TPSA) is 140 Å². The summed E-state index contributed by atoms with van der Waals surface area (Å²) in [6.07, 6.45) is 10.0. The molecular weight excluding hydrogens is 702 g/mol. The van der Waals surface area contributed by atoms with Gasteiger partial charge < -0.3 is 62.2 Å². The number of hydrogen-bond acceptors (Lipinski definition) is 13. The Morgan fingerprint density at radius 1 is 0.407 bits per heavy atom. The summed E-state index contributed by atoms with van der Waals surface area (Å²) in [6, 6.07) is 9.52. The molecule has 0 aliphatic rings. The summed E-state index contributed by atoms with van der Waals surface area (Å²) in [5.74, 6) is 0. The molecule has 0 aliphatic heterocycles. The highest BCUT2D eigenvalue weighted by molar-refractivity contribution is 5.67. The van der Waals surface area contributed by atoms with Crippen molar-refractivity contribution in [2.75, 3.05) is 152 Å². The van der Waals surface area contributed by atoms with Gasteiger partial charge in [-0.2, -0.15) is 0 Å². The maximum absolute atomic E-state index is 11.7. The number of ether oxygens (including phenoxy) is 12. The Labute approximate surface area is 325 Å². The number of rotatable bonds is 44. The molecule has 0 heterocycles. The van der Waals surface area contributed by atoms with E-state index in [4.69, 9.17) is 56.8 Å². The van der Waals surface area contributed by atoms with E-state index in [1.165, 1.54) is 44.9 Å². The van der Waals surface area contributed by atoms with Crippen LogP contribution < -0.4 is 5.32 Å². The minimum Gasteiger partial charge on any atom is -0.445 e. The molecule has 1 aromatic rings. The predicted molar refractivity (Wildman–Crippen MR) is 206 cm³/mol. The highest BCUT2D eigenvalue weighted by Crippen LogP contribution is 2.08. The molecule has 14 nitrogen and oxygen atoms in total. The van der Waals surface area contributed by atoms with Gasteiger partial charge in [0.2, 0.25) is 0 Å². The molecule has 0 spiro atoms. The molecule has 0 aromatic heterocycles. The number of alkyl carbamates (subject to hydrolysis) is 1. The van der Waals surface area contributed by atoms with Crippen molar-refractivity contribution < 1.29 is 61.6 Å².